The van der Waals surface area contributed by atoms with E-state index in [1.807, 2.05) is 0 Å². The first kappa shape index (κ1) is 10.4. The van der Waals surface area contributed by atoms with Crippen LogP contribution < -0.4 is 5.73 Å². The molecule has 4 heteroatoms. The molecule has 0 saturated carbocycles. The summed E-state index contributed by atoms with van der Waals surface area (Å²) in [5.41, 5.74) is 5.64. The van der Waals surface area contributed by atoms with Crippen LogP contribution in [0.15, 0.2) is 0 Å². The maximum Gasteiger partial charge on any atom is 0.0665 e. The molecule has 1 aliphatic heterocycles. The highest BCUT2D eigenvalue weighted by Crippen LogP contribution is 2.28. The number of hydrogen-bond donors (Lipinski definition) is 2. The van der Waals surface area contributed by atoms with Crippen molar-refractivity contribution >= 4 is 20.5 Å². The first-order valence-corrected chi connectivity index (χ1v) is 6.86. The average Bonchev–Trinajstić information content (AvgIpc) is 1.79. The summed E-state index contributed by atoms with van der Waals surface area (Å²) >= 11 is 0. The van der Waals surface area contributed by atoms with Crippen molar-refractivity contribution in [3.63, 3.8) is 0 Å². The lowest BCUT2D eigenvalue weighted by Crippen LogP contribution is -2.28. The van der Waals surface area contributed by atoms with Crippen LogP contribution >= 0.6 is 12.4 Å². The normalized spacial score (nSPS) is 37.2. The van der Waals surface area contributed by atoms with E-state index >= 15 is 0 Å². The minimum atomic E-state index is -1.04. The van der Waals surface area contributed by atoms with Crippen LogP contribution in [0.4, 0.5) is 0 Å². The number of aliphatic hydroxyl groups excluding tert-OH is 1. The molecule has 0 amide bonds. The molecule has 1 saturated heterocycles. The second-order valence-electron chi connectivity index (χ2n) is 3.80. The number of hydrogen-bond acceptors (Lipinski definition) is 2. The summed E-state index contributed by atoms with van der Waals surface area (Å²) in [7, 11) is -1.04. The molecule has 0 bridgehead atoms. The zero-order chi connectivity index (χ0) is 7.07. The summed E-state index contributed by atoms with van der Waals surface area (Å²) in [6.07, 6.45) is -0.202. The highest BCUT2D eigenvalue weighted by atomic mass is 35.5. The molecule has 0 aromatic carbocycles. The Balaban J connectivity index is 0.000000810. The molecule has 0 aromatic heterocycles. The molecule has 0 radical (unpaired) electrons. The molecule has 0 aliphatic carbocycles. The standard InChI is InChI=1S/C6H15NOSi.ClH/c1-9(2)3-5(7)6(8)4-9;/h5-6,8H,3-4,7H2,1-2H3;1H/t5-,6+;/m1./s1. The zero-order valence-corrected chi connectivity index (χ0v) is 8.32. The van der Waals surface area contributed by atoms with E-state index in [0.29, 0.717) is 0 Å². The van der Waals surface area contributed by atoms with Gasteiger partial charge in [-0.3, -0.25) is 0 Å². The Morgan fingerprint density at radius 1 is 1.40 bits per heavy atom. The fourth-order valence-corrected chi connectivity index (χ4v) is 4.72. The Labute approximate surface area is 69.2 Å². The predicted octanol–water partition coefficient (Wildman–Crippen LogP) is 0.818. The quantitative estimate of drug-likeness (QED) is 0.544. The van der Waals surface area contributed by atoms with Gasteiger partial charge >= 0.3 is 0 Å². The molecule has 1 rings (SSSR count). The first-order chi connectivity index (χ1) is 4.01. The highest BCUT2D eigenvalue weighted by molar-refractivity contribution is 6.78. The third-order valence-electron chi connectivity index (χ3n) is 2.04. The smallest absolute Gasteiger partial charge is 0.0665 e. The van der Waals surface area contributed by atoms with E-state index in [4.69, 9.17) is 5.73 Å². The molecule has 10 heavy (non-hydrogen) atoms. The average molecular weight is 182 g/mol. The van der Waals surface area contributed by atoms with Gasteiger partial charge in [-0.15, -0.1) is 12.4 Å². The van der Waals surface area contributed by atoms with Crippen LogP contribution in [0.2, 0.25) is 25.2 Å². The molecule has 0 spiro atoms. The lowest BCUT2D eigenvalue weighted by Gasteiger charge is -2.11. The van der Waals surface area contributed by atoms with Crippen LogP contribution in [0.5, 0.6) is 0 Å². The van der Waals surface area contributed by atoms with Crippen molar-refractivity contribution in [1.82, 2.24) is 0 Å². The molecule has 1 aliphatic rings. The number of aliphatic hydroxyl groups is 1. The van der Waals surface area contributed by atoms with Crippen molar-refractivity contribution in [2.24, 2.45) is 5.73 Å². The predicted molar refractivity (Wildman–Crippen MR) is 48.3 cm³/mol. The van der Waals surface area contributed by atoms with Gasteiger partial charge in [0, 0.05) is 6.04 Å². The van der Waals surface area contributed by atoms with Crippen molar-refractivity contribution in [2.75, 3.05) is 0 Å². The third kappa shape index (κ3) is 2.23. The van der Waals surface area contributed by atoms with Gasteiger partial charge in [0.05, 0.1) is 14.2 Å². The molecule has 3 N–H and O–H groups in total. The van der Waals surface area contributed by atoms with Gasteiger partial charge in [-0.2, -0.15) is 0 Å². The van der Waals surface area contributed by atoms with E-state index in [1.165, 1.54) is 0 Å². The summed E-state index contributed by atoms with van der Waals surface area (Å²) in [5.74, 6) is 0. The van der Waals surface area contributed by atoms with E-state index in [2.05, 4.69) is 13.1 Å². The maximum atomic E-state index is 9.24. The van der Waals surface area contributed by atoms with Crippen LogP contribution in [0.1, 0.15) is 0 Å². The van der Waals surface area contributed by atoms with Crippen molar-refractivity contribution in [1.29, 1.82) is 0 Å². The molecule has 1 fully saturated rings. The van der Waals surface area contributed by atoms with Crippen LogP contribution in [0, 0.1) is 0 Å². The van der Waals surface area contributed by atoms with E-state index in [0.717, 1.165) is 12.1 Å². The molecule has 2 nitrogen and oxygen atoms in total. The lowest BCUT2D eigenvalue weighted by molar-refractivity contribution is 0.180. The van der Waals surface area contributed by atoms with Crippen LogP contribution in [-0.4, -0.2) is 25.3 Å². The Bertz CT molecular complexity index is 108. The van der Waals surface area contributed by atoms with Gasteiger partial charge in [-0.05, 0) is 12.1 Å². The molecule has 62 valence electrons. The van der Waals surface area contributed by atoms with Crippen LogP contribution in [0.25, 0.3) is 0 Å². The summed E-state index contributed by atoms with van der Waals surface area (Å²) < 4.78 is 0. The van der Waals surface area contributed by atoms with Crippen molar-refractivity contribution < 1.29 is 5.11 Å². The SMILES string of the molecule is C[Si]1(C)C[C@@H](N)[C@@H](O)C1.Cl. The van der Waals surface area contributed by atoms with E-state index in [1.54, 1.807) is 0 Å². The van der Waals surface area contributed by atoms with E-state index < -0.39 is 8.07 Å². The molecule has 0 aromatic rings. The van der Waals surface area contributed by atoms with Gasteiger partial charge in [0.15, 0.2) is 0 Å². The molecule has 2 atom stereocenters. The third-order valence-corrected chi connectivity index (χ3v) is 5.14. The summed E-state index contributed by atoms with van der Waals surface area (Å²) in [6, 6.07) is 2.16. The van der Waals surface area contributed by atoms with E-state index in [9.17, 15) is 5.11 Å². The van der Waals surface area contributed by atoms with Gasteiger partial charge in [0.25, 0.3) is 0 Å². The van der Waals surface area contributed by atoms with E-state index in [-0.39, 0.29) is 24.6 Å². The van der Waals surface area contributed by atoms with Gasteiger partial charge in [0.2, 0.25) is 0 Å². The number of nitrogens with two attached hydrogens (primary N) is 1. The van der Waals surface area contributed by atoms with Crippen LogP contribution in [0.3, 0.4) is 0 Å². The molecule has 0 unspecified atom stereocenters. The fraction of sp³-hybridized carbons (Fsp3) is 1.00. The van der Waals surface area contributed by atoms with Gasteiger partial charge in [-0.25, -0.2) is 0 Å². The minimum Gasteiger partial charge on any atom is -0.392 e. The topological polar surface area (TPSA) is 46.2 Å². The Kier molecular flexibility index (Phi) is 3.35. The lowest BCUT2D eigenvalue weighted by atomic mass is 10.2. The Hall–Kier alpha value is 0.427. The zero-order valence-electron chi connectivity index (χ0n) is 6.50. The summed E-state index contributed by atoms with van der Waals surface area (Å²) in [4.78, 5) is 0. The van der Waals surface area contributed by atoms with Gasteiger partial charge < -0.3 is 10.8 Å². The Morgan fingerprint density at radius 2 is 1.90 bits per heavy atom. The van der Waals surface area contributed by atoms with Crippen LogP contribution in [-0.2, 0) is 0 Å². The molecular weight excluding hydrogens is 166 g/mol. The molecule has 1 heterocycles. The second-order valence-corrected chi connectivity index (χ2v) is 8.95. The van der Waals surface area contributed by atoms with Gasteiger partial charge in [-0.1, -0.05) is 13.1 Å². The largest absolute Gasteiger partial charge is 0.392 e. The van der Waals surface area contributed by atoms with Crippen molar-refractivity contribution in [2.45, 2.75) is 37.3 Å². The summed E-state index contributed by atoms with van der Waals surface area (Å²) in [5, 5.41) is 9.24. The Morgan fingerprint density at radius 3 is 2.00 bits per heavy atom. The minimum absolute atomic E-state index is 0. The maximum absolute atomic E-state index is 9.24. The van der Waals surface area contributed by atoms with Crippen molar-refractivity contribution in [3.8, 4) is 0 Å². The monoisotopic (exact) mass is 181 g/mol. The number of halogens is 1. The number of rotatable bonds is 0. The fourth-order valence-electron chi connectivity index (χ4n) is 1.57. The van der Waals surface area contributed by atoms with Crippen molar-refractivity contribution in [3.05, 3.63) is 0 Å². The highest BCUT2D eigenvalue weighted by Gasteiger charge is 2.37. The van der Waals surface area contributed by atoms with Gasteiger partial charge in [0.1, 0.15) is 0 Å². The second kappa shape index (κ2) is 3.22. The first-order valence-electron chi connectivity index (χ1n) is 3.45. The summed E-state index contributed by atoms with van der Waals surface area (Å²) in [6.45, 7) is 4.56. The molecular formula is C6H16ClNOSi.